The number of benzene rings is 1. The molecule has 0 amide bonds. The third-order valence-electron chi connectivity index (χ3n) is 3.50. The molecule has 5 heteroatoms. The Kier molecular flexibility index (Phi) is 2.57. The van der Waals surface area contributed by atoms with Gasteiger partial charge in [-0.1, -0.05) is 12.1 Å². The molecule has 0 bridgehead atoms. The van der Waals surface area contributed by atoms with Gasteiger partial charge in [-0.05, 0) is 30.3 Å². The van der Waals surface area contributed by atoms with E-state index in [1.165, 1.54) is 0 Å². The Hall–Kier alpha value is -2.95. The smallest absolute Gasteiger partial charge is 0.182 e. The van der Waals surface area contributed by atoms with Crippen LogP contribution >= 0.6 is 0 Å². The van der Waals surface area contributed by atoms with E-state index in [1.807, 2.05) is 59.1 Å². The van der Waals surface area contributed by atoms with Gasteiger partial charge in [-0.25, -0.2) is 4.68 Å². The minimum atomic E-state index is 0.836. The van der Waals surface area contributed by atoms with Crippen molar-refractivity contribution in [2.24, 2.45) is 7.05 Å². The highest BCUT2D eigenvalue weighted by atomic mass is 15.4. The van der Waals surface area contributed by atoms with Gasteiger partial charge in [0.2, 0.25) is 0 Å². The van der Waals surface area contributed by atoms with Crippen LogP contribution in [0.3, 0.4) is 0 Å². The number of fused-ring (bicyclic) bond motifs is 1. The zero-order valence-corrected chi connectivity index (χ0v) is 11.5. The average molecular weight is 275 g/mol. The molecule has 4 aromatic rings. The van der Waals surface area contributed by atoms with Crippen molar-refractivity contribution in [1.29, 1.82) is 0 Å². The highest BCUT2D eigenvalue weighted by molar-refractivity contribution is 5.86. The molecular formula is C16H13N5. The summed E-state index contributed by atoms with van der Waals surface area (Å²) in [7, 11) is 1.94. The zero-order chi connectivity index (χ0) is 14.2. The summed E-state index contributed by atoms with van der Waals surface area (Å²) in [6, 6.07) is 14.0. The molecule has 0 aliphatic carbocycles. The Morgan fingerprint density at radius 3 is 2.71 bits per heavy atom. The van der Waals surface area contributed by atoms with Gasteiger partial charge in [-0.3, -0.25) is 9.67 Å². The lowest BCUT2D eigenvalue weighted by Gasteiger charge is -1.97. The molecule has 3 aromatic heterocycles. The van der Waals surface area contributed by atoms with E-state index in [2.05, 4.69) is 27.3 Å². The van der Waals surface area contributed by atoms with E-state index in [0.717, 1.165) is 28.0 Å². The summed E-state index contributed by atoms with van der Waals surface area (Å²) in [5.41, 5.74) is 2.97. The first kappa shape index (κ1) is 11.8. The maximum Gasteiger partial charge on any atom is 0.182 e. The number of hydrogen-bond donors (Lipinski definition) is 0. The molecule has 102 valence electrons. The lowest BCUT2D eigenvalue weighted by Crippen LogP contribution is -1.98. The van der Waals surface area contributed by atoms with Crippen molar-refractivity contribution >= 4 is 10.9 Å². The van der Waals surface area contributed by atoms with Crippen molar-refractivity contribution < 1.29 is 0 Å². The van der Waals surface area contributed by atoms with Gasteiger partial charge < -0.3 is 0 Å². The highest BCUT2D eigenvalue weighted by Crippen LogP contribution is 2.22. The zero-order valence-electron chi connectivity index (χ0n) is 11.5. The van der Waals surface area contributed by atoms with Gasteiger partial charge in [0.1, 0.15) is 0 Å². The minimum absolute atomic E-state index is 0.836. The number of aryl methyl sites for hydroxylation is 1. The molecule has 4 rings (SSSR count). The van der Waals surface area contributed by atoms with Gasteiger partial charge in [0.05, 0.1) is 11.2 Å². The van der Waals surface area contributed by atoms with Crippen LogP contribution in [0.5, 0.6) is 0 Å². The third-order valence-corrected chi connectivity index (χ3v) is 3.50. The predicted octanol–water partition coefficient (Wildman–Crippen LogP) is 2.82. The fourth-order valence-electron chi connectivity index (χ4n) is 2.47. The first-order valence-electron chi connectivity index (χ1n) is 6.71. The Morgan fingerprint density at radius 2 is 1.86 bits per heavy atom. The normalized spacial score (nSPS) is 11.1. The molecule has 0 radical (unpaired) electrons. The average Bonchev–Trinajstić information content (AvgIpc) is 3.14. The quantitative estimate of drug-likeness (QED) is 0.565. The fourth-order valence-corrected chi connectivity index (χ4v) is 2.47. The SMILES string of the molecule is Cn1nc(-n2ccc(-c3cccnc3)n2)c2ccccc21. The molecule has 0 saturated heterocycles. The molecule has 21 heavy (non-hydrogen) atoms. The lowest BCUT2D eigenvalue weighted by atomic mass is 10.2. The molecule has 0 saturated carbocycles. The van der Waals surface area contributed by atoms with E-state index in [-0.39, 0.29) is 0 Å². The van der Waals surface area contributed by atoms with Crippen LogP contribution in [0.15, 0.2) is 61.1 Å². The minimum Gasteiger partial charge on any atom is -0.266 e. The van der Waals surface area contributed by atoms with Crippen molar-refractivity contribution in [3.05, 3.63) is 61.1 Å². The largest absolute Gasteiger partial charge is 0.266 e. The second kappa shape index (κ2) is 4.56. The van der Waals surface area contributed by atoms with E-state index in [0.29, 0.717) is 0 Å². The van der Waals surface area contributed by atoms with Gasteiger partial charge in [0.25, 0.3) is 0 Å². The molecule has 3 heterocycles. The topological polar surface area (TPSA) is 48.5 Å². The van der Waals surface area contributed by atoms with Gasteiger partial charge in [-0.2, -0.15) is 10.2 Å². The summed E-state index contributed by atoms with van der Waals surface area (Å²) >= 11 is 0. The fraction of sp³-hybridized carbons (Fsp3) is 0.0625. The number of rotatable bonds is 2. The molecule has 5 nitrogen and oxygen atoms in total. The van der Waals surface area contributed by atoms with Crippen molar-refractivity contribution in [2.45, 2.75) is 0 Å². The first-order chi connectivity index (χ1) is 10.3. The second-order valence-corrected chi connectivity index (χ2v) is 4.85. The van der Waals surface area contributed by atoms with Crippen LogP contribution in [0.2, 0.25) is 0 Å². The summed E-state index contributed by atoms with van der Waals surface area (Å²) < 4.78 is 3.68. The van der Waals surface area contributed by atoms with Crippen LogP contribution in [0.4, 0.5) is 0 Å². The molecule has 0 unspecified atom stereocenters. The molecule has 0 spiro atoms. The van der Waals surface area contributed by atoms with Gasteiger partial charge in [0, 0.05) is 36.6 Å². The van der Waals surface area contributed by atoms with E-state index >= 15 is 0 Å². The first-order valence-corrected chi connectivity index (χ1v) is 6.71. The van der Waals surface area contributed by atoms with Crippen LogP contribution in [0, 0.1) is 0 Å². The van der Waals surface area contributed by atoms with Crippen molar-refractivity contribution in [2.75, 3.05) is 0 Å². The maximum atomic E-state index is 4.62. The number of hydrogen-bond acceptors (Lipinski definition) is 3. The van der Waals surface area contributed by atoms with Crippen molar-refractivity contribution in [3.8, 4) is 17.1 Å². The lowest BCUT2D eigenvalue weighted by molar-refractivity contribution is 0.750. The molecular weight excluding hydrogens is 262 g/mol. The number of aromatic nitrogens is 5. The summed E-state index contributed by atoms with van der Waals surface area (Å²) in [5, 5.41) is 10.3. The van der Waals surface area contributed by atoms with E-state index < -0.39 is 0 Å². The standard InChI is InChI=1S/C16H13N5/c1-20-15-7-3-2-6-13(15)16(19-20)21-10-8-14(18-21)12-5-4-9-17-11-12/h2-11H,1H3. The van der Waals surface area contributed by atoms with E-state index in [4.69, 9.17) is 0 Å². The summed E-state index contributed by atoms with van der Waals surface area (Å²) in [6.07, 6.45) is 5.49. The monoisotopic (exact) mass is 275 g/mol. The van der Waals surface area contributed by atoms with Crippen molar-refractivity contribution in [3.63, 3.8) is 0 Å². The van der Waals surface area contributed by atoms with Crippen LogP contribution in [-0.2, 0) is 7.05 Å². The predicted molar refractivity (Wildman–Crippen MR) is 81.1 cm³/mol. The van der Waals surface area contributed by atoms with Crippen molar-refractivity contribution in [1.82, 2.24) is 24.5 Å². The Labute approximate surface area is 121 Å². The maximum absolute atomic E-state index is 4.62. The van der Waals surface area contributed by atoms with Gasteiger partial charge in [0.15, 0.2) is 5.82 Å². The summed E-state index contributed by atoms with van der Waals surface area (Å²) in [5.74, 6) is 0.836. The number of pyridine rings is 1. The molecule has 0 fully saturated rings. The van der Waals surface area contributed by atoms with E-state index in [1.54, 1.807) is 6.20 Å². The number of nitrogens with zero attached hydrogens (tertiary/aromatic N) is 5. The Bertz CT molecular complexity index is 905. The van der Waals surface area contributed by atoms with Crippen LogP contribution in [0.1, 0.15) is 0 Å². The molecule has 1 aromatic carbocycles. The molecule has 0 aliphatic heterocycles. The van der Waals surface area contributed by atoms with Gasteiger partial charge in [-0.15, -0.1) is 0 Å². The third kappa shape index (κ3) is 1.90. The summed E-state index contributed by atoms with van der Waals surface area (Å²) in [4.78, 5) is 4.13. The Morgan fingerprint density at radius 1 is 0.952 bits per heavy atom. The summed E-state index contributed by atoms with van der Waals surface area (Å²) in [6.45, 7) is 0. The molecule has 0 atom stereocenters. The number of para-hydroxylation sites is 1. The van der Waals surface area contributed by atoms with Crippen LogP contribution in [-0.4, -0.2) is 24.5 Å². The molecule has 0 aliphatic rings. The second-order valence-electron chi connectivity index (χ2n) is 4.85. The van der Waals surface area contributed by atoms with Crippen LogP contribution < -0.4 is 0 Å². The van der Waals surface area contributed by atoms with E-state index in [9.17, 15) is 0 Å². The van der Waals surface area contributed by atoms with Gasteiger partial charge >= 0.3 is 0 Å². The molecule has 0 N–H and O–H groups in total. The highest BCUT2D eigenvalue weighted by Gasteiger charge is 2.11. The Balaban J connectivity index is 1.85. The van der Waals surface area contributed by atoms with Crippen LogP contribution in [0.25, 0.3) is 28.0 Å².